The van der Waals surface area contributed by atoms with Crippen LogP contribution in [0.3, 0.4) is 0 Å². The Morgan fingerprint density at radius 1 is 0.609 bits per heavy atom. The number of aliphatic hydroxyl groups is 2. The van der Waals surface area contributed by atoms with Crippen molar-refractivity contribution in [3.8, 4) is 0 Å². The lowest BCUT2D eigenvalue weighted by molar-refractivity contribution is -0.127. The Hall–Kier alpha value is -5.50. The highest BCUT2D eigenvalue weighted by atomic mass is 32.2. The summed E-state index contributed by atoms with van der Waals surface area (Å²) in [4.78, 5) is 52.2. The second-order valence-corrected chi connectivity index (χ2v) is 20.4. The van der Waals surface area contributed by atoms with Gasteiger partial charge in [0.1, 0.15) is 12.1 Å². The van der Waals surface area contributed by atoms with E-state index in [2.05, 4.69) is 10.6 Å². The number of aliphatic hydroxyl groups excluding tert-OH is 2. The first-order valence-corrected chi connectivity index (χ1v) is 24.8. The highest BCUT2D eigenvalue weighted by Crippen LogP contribution is 2.51. The van der Waals surface area contributed by atoms with Gasteiger partial charge in [0.2, 0.25) is 31.9 Å². The van der Waals surface area contributed by atoms with E-state index >= 15 is 0 Å². The number of sulfonamides is 2. The summed E-state index contributed by atoms with van der Waals surface area (Å²) in [7, 11) is -7.64. The third-order valence-corrected chi connectivity index (χ3v) is 15.2. The van der Waals surface area contributed by atoms with E-state index < -0.39 is 67.9 Å². The molecule has 18 heteroatoms. The molecule has 2 saturated heterocycles. The van der Waals surface area contributed by atoms with Gasteiger partial charge >= 0.3 is 0 Å². The van der Waals surface area contributed by atoms with Crippen LogP contribution in [0.2, 0.25) is 0 Å². The summed E-state index contributed by atoms with van der Waals surface area (Å²) in [5, 5.41) is 26.0. The van der Waals surface area contributed by atoms with Crippen LogP contribution >= 0.6 is 0 Å². The third-order valence-electron chi connectivity index (χ3n) is 12.7. The minimum Gasteiger partial charge on any atom is -0.396 e. The predicted octanol–water partition coefficient (Wildman–Crippen LogP) is 2.24. The monoisotopic (exact) mass is 914 g/mol. The molecule has 2 amide bonds. The number of hydrogen-bond donors (Lipinski definition) is 4. The molecule has 64 heavy (non-hydrogen) atoms. The SMILES string of the molecule is C/C=C/c1ccc2n(c1=O)C[C@H]1[C@H](CO)[C@@H](C(=O)NCc3ccccc3)N(S(C)(=O)=O)[C@@H]21.C/C=C\c1ccc2n(c1=O)C[C@H]1[C@H](CO)[C@@H](C(=O)NCc3ccccc3)N(S(C)(=O)=O)[C@@H]21. The molecule has 4 N–H and O–H groups in total. The molecule has 0 unspecified atom stereocenters. The maximum atomic E-state index is 13.2. The van der Waals surface area contributed by atoms with Gasteiger partial charge in [-0.3, -0.25) is 19.2 Å². The zero-order valence-corrected chi connectivity index (χ0v) is 37.7. The van der Waals surface area contributed by atoms with Gasteiger partial charge in [-0.25, -0.2) is 16.8 Å². The number of carbonyl (C=O) groups is 2. The van der Waals surface area contributed by atoms with E-state index in [4.69, 9.17) is 0 Å². The molecule has 4 aliphatic rings. The van der Waals surface area contributed by atoms with Gasteiger partial charge in [-0.2, -0.15) is 8.61 Å². The van der Waals surface area contributed by atoms with E-state index in [0.717, 1.165) is 23.6 Å². The summed E-state index contributed by atoms with van der Waals surface area (Å²) in [5.74, 6) is -2.92. The Balaban J connectivity index is 0.000000191. The number of rotatable bonds is 12. The largest absolute Gasteiger partial charge is 0.396 e. The Bertz CT molecular complexity index is 2600. The average Bonchev–Trinajstić information content (AvgIpc) is 4.01. The van der Waals surface area contributed by atoms with Crippen LogP contribution in [0.5, 0.6) is 0 Å². The number of amides is 2. The molecular weight excluding hydrogens is 861 g/mol. The highest BCUT2D eigenvalue weighted by molar-refractivity contribution is 7.88. The molecule has 0 saturated carbocycles. The number of pyridine rings is 2. The molecular formula is C46H54N6O10S2. The fraction of sp³-hybridized carbons (Fsp3) is 0.391. The lowest BCUT2D eigenvalue weighted by Gasteiger charge is -2.28. The van der Waals surface area contributed by atoms with E-state index in [9.17, 15) is 46.2 Å². The molecule has 8 atom stereocenters. The topological polar surface area (TPSA) is 217 Å². The Kier molecular flexibility index (Phi) is 13.7. The van der Waals surface area contributed by atoms with Crippen LogP contribution in [0.25, 0.3) is 12.2 Å². The van der Waals surface area contributed by atoms with Crippen LogP contribution in [0, 0.1) is 23.7 Å². The molecule has 6 heterocycles. The second kappa shape index (κ2) is 18.9. The summed E-state index contributed by atoms with van der Waals surface area (Å²) in [6, 6.07) is 22.0. The first-order valence-electron chi connectivity index (χ1n) is 21.1. The first kappa shape index (κ1) is 46.5. The number of benzene rings is 2. The van der Waals surface area contributed by atoms with Gasteiger partial charge in [0.05, 0.1) is 24.6 Å². The predicted molar refractivity (Wildman–Crippen MR) is 242 cm³/mol. The lowest BCUT2D eigenvalue weighted by atomic mass is 9.88. The van der Waals surface area contributed by atoms with E-state index in [1.807, 2.05) is 74.5 Å². The molecule has 0 spiro atoms. The maximum Gasteiger partial charge on any atom is 0.258 e. The third kappa shape index (κ3) is 8.82. The minimum atomic E-state index is -3.82. The number of allylic oxidation sites excluding steroid dienone is 2. The van der Waals surface area contributed by atoms with Crippen LogP contribution in [0.4, 0.5) is 0 Å². The van der Waals surface area contributed by atoms with Crippen LogP contribution in [0.1, 0.15) is 59.6 Å². The van der Waals surface area contributed by atoms with Crippen molar-refractivity contribution in [2.24, 2.45) is 23.7 Å². The van der Waals surface area contributed by atoms with E-state index in [-0.39, 0.29) is 62.3 Å². The number of hydrogen-bond acceptors (Lipinski definition) is 10. The van der Waals surface area contributed by atoms with Crippen LogP contribution < -0.4 is 21.8 Å². The molecule has 4 aromatic rings. The quantitative estimate of drug-likeness (QED) is 0.163. The maximum absolute atomic E-state index is 13.2. The Labute approximate surface area is 372 Å². The summed E-state index contributed by atoms with van der Waals surface area (Å²) >= 11 is 0. The van der Waals surface area contributed by atoms with Crippen molar-refractivity contribution in [2.45, 2.75) is 64.2 Å². The van der Waals surface area contributed by atoms with Gasteiger partial charge < -0.3 is 30.0 Å². The molecule has 2 aromatic heterocycles. The zero-order valence-electron chi connectivity index (χ0n) is 36.0. The van der Waals surface area contributed by atoms with Crippen molar-refractivity contribution in [1.82, 2.24) is 28.4 Å². The molecule has 0 radical (unpaired) electrons. The molecule has 0 aliphatic carbocycles. The number of nitrogens with one attached hydrogen (secondary N) is 2. The van der Waals surface area contributed by atoms with Gasteiger partial charge in [-0.1, -0.05) is 85.0 Å². The highest BCUT2D eigenvalue weighted by Gasteiger charge is 2.60. The second-order valence-electron chi connectivity index (χ2n) is 16.7. The molecule has 4 aliphatic heterocycles. The minimum absolute atomic E-state index is 0.204. The number of fused-ring (bicyclic) bond motifs is 6. The number of aromatic nitrogens is 2. The van der Waals surface area contributed by atoms with Crippen LogP contribution in [-0.2, 0) is 55.8 Å². The van der Waals surface area contributed by atoms with Gasteiger partial charge in [0, 0.05) is 85.6 Å². The molecule has 8 rings (SSSR count). The van der Waals surface area contributed by atoms with Crippen molar-refractivity contribution in [2.75, 3.05) is 25.7 Å². The van der Waals surface area contributed by atoms with Crippen LogP contribution in [-0.4, -0.2) is 94.4 Å². The average molecular weight is 915 g/mol. The Morgan fingerprint density at radius 3 is 1.28 bits per heavy atom. The van der Waals surface area contributed by atoms with Crippen molar-refractivity contribution >= 4 is 44.0 Å². The van der Waals surface area contributed by atoms with Crippen LogP contribution in [0.15, 0.2) is 107 Å². The number of nitrogens with zero attached hydrogens (tertiary/aromatic N) is 4. The van der Waals surface area contributed by atoms with Crippen molar-refractivity contribution in [1.29, 1.82) is 0 Å². The van der Waals surface area contributed by atoms with Crippen molar-refractivity contribution < 1.29 is 36.6 Å². The summed E-state index contributed by atoms with van der Waals surface area (Å²) in [6.45, 7) is 3.93. The number of carbonyl (C=O) groups excluding carboxylic acids is 2. The molecule has 2 aromatic carbocycles. The van der Waals surface area contributed by atoms with Gasteiger partial charge in [-0.15, -0.1) is 0 Å². The van der Waals surface area contributed by atoms with E-state index in [1.165, 1.54) is 8.61 Å². The van der Waals surface area contributed by atoms with Gasteiger partial charge in [0.25, 0.3) is 11.1 Å². The smallest absolute Gasteiger partial charge is 0.258 e. The summed E-state index contributed by atoms with van der Waals surface area (Å²) < 4.78 is 56.9. The van der Waals surface area contributed by atoms with E-state index in [1.54, 1.807) is 57.7 Å². The summed E-state index contributed by atoms with van der Waals surface area (Å²) in [6.07, 6.45) is 9.09. The summed E-state index contributed by atoms with van der Waals surface area (Å²) in [5.41, 5.74) is 3.50. The first-order chi connectivity index (χ1) is 30.5. The molecule has 340 valence electrons. The lowest BCUT2D eigenvalue weighted by Crippen LogP contribution is -2.49. The molecule has 2 fully saturated rings. The van der Waals surface area contributed by atoms with Gasteiger partial charge in [-0.05, 0) is 49.2 Å². The van der Waals surface area contributed by atoms with Crippen molar-refractivity contribution in [3.05, 3.63) is 151 Å². The van der Waals surface area contributed by atoms with E-state index in [0.29, 0.717) is 22.5 Å². The normalized spacial score (nSPS) is 25.1. The standard InChI is InChI=1S/2C23H27N3O5S/c2*1-3-7-16-10-11-19-20-17(13-25(19)23(16)29)18(14-27)21(26(20)32(2,30)31)22(28)24-12-15-8-5-4-6-9-15/h2*3-11,17-18,20-21,27H,12-14H2,1-2H3,(H,24,28)/b7-3+;7-3-/t2*17-,18-,20+,21-/m00/s1. The van der Waals surface area contributed by atoms with Gasteiger partial charge in [0.15, 0.2) is 0 Å². The fourth-order valence-corrected chi connectivity index (χ4v) is 12.7. The molecule has 0 bridgehead atoms. The van der Waals surface area contributed by atoms with Crippen molar-refractivity contribution in [3.63, 3.8) is 0 Å². The fourth-order valence-electron chi connectivity index (χ4n) is 10.0. The molecule has 16 nitrogen and oxygen atoms in total. The zero-order chi connectivity index (χ0) is 46.1. The Morgan fingerprint density at radius 2 is 0.969 bits per heavy atom.